The Bertz CT molecular complexity index is 317. The van der Waals surface area contributed by atoms with Crippen LogP contribution in [0.3, 0.4) is 0 Å². The van der Waals surface area contributed by atoms with Gasteiger partial charge in [0.2, 0.25) is 0 Å². The molecule has 6 heteroatoms. The lowest BCUT2D eigenvalue weighted by molar-refractivity contribution is -0.0521. The molecule has 0 unspecified atom stereocenters. The zero-order chi connectivity index (χ0) is 10.0. The van der Waals surface area contributed by atoms with E-state index in [9.17, 15) is 13.2 Å². The topological polar surface area (TPSA) is 61.3 Å². The van der Waals surface area contributed by atoms with Crippen molar-refractivity contribution in [3.05, 3.63) is 17.9 Å². The zero-order valence-electron chi connectivity index (χ0n) is 6.43. The maximum Gasteiger partial charge on any atom is 0.387 e. The van der Waals surface area contributed by atoms with Crippen LogP contribution in [0.4, 0.5) is 24.5 Å². The Balaban J connectivity index is 3.01. The summed E-state index contributed by atoms with van der Waals surface area (Å²) in [5, 5.41) is 0. The molecule has 72 valence electrons. The molecule has 0 aromatic heterocycles. The molecule has 0 aliphatic rings. The van der Waals surface area contributed by atoms with Crippen molar-refractivity contribution in [2.24, 2.45) is 0 Å². The molecular weight excluding hydrogens is 185 g/mol. The van der Waals surface area contributed by atoms with Gasteiger partial charge in [-0.1, -0.05) is 0 Å². The van der Waals surface area contributed by atoms with E-state index in [-0.39, 0.29) is 11.4 Å². The number of benzene rings is 1. The average Bonchev–Trinajstić information content (AvgIpc) is 1.99. The highest BCUT2D eigenvalue weighted by atomic mass is 19.3. The van der Waals surface area contributed by atoms with E-state index in [1.807, 2.05) is 0 Å². The number of rotatable bonds is 2. The van der Waals surface area contributed by atoms with Gasteiger partial charge in [-0.25, -0.2) is 4.39 Å². The molecular formula is C7H7F3N2O. The van der Waals surface area contributed by atoms with Gasteiger partial charge in [-0.05, 0) is 0 Å². The number of alkyl halides is 2. The van der Waals surface area contributed by atoms with Crippen LogP contribution in [-0.2, 0) is 0 Å². The predicted molar refractivity (Wildman–Crippen MR) is 41.9 cm³/mol. The summed E-state index contributed by atoms with van der Waals surface area (Å²) in [5.41, 5.74) is 10.4. The lowest BCUT2D eigenvalue weighted by Crippen LogP contribution is -2.05. The minimum atomic E-state index is -3.09. The van der Waals surface area contributed by atoms with Gasteiger partial charge in [-0.3, -0.25) is 0 Å². The first-order chi connectivity index (χ1) is 6.00. The summed E-state index contributed by atoms with van der Waals surface area (Å²) in [5.74, 6) is -1.58. The zero-order valence-corrected chi connectivity index (χ0v) is 6.43. The van der Waals surface area contributed by atoms with Crippen LogP contribution in [0.5, 0.6) is 5.75 Å². The second kappa shape index (κ2) is 3.42. The van der Waals surface area contributed by atoms with Gasteiger partial charge in [0.05, 0.1) is 11.4 Å². The monoisotopic (exact) mass is 192 g/mol. The van der Waals surface area contributed by atoms with E-state index < -0.39 is 18.2 Å². The molecule has 1 rings (SSSR count). The van der Waals surface area contributed by atoms with Crippen molar-refractivity contribution in [2.45, 2.75) is 6.61 Å². The van der Waals surface area contributed by atoms with Crippen LogP contribution in [0, 0.1) is 5.82 Å². The number of hydrogen-bond donors (Lipinski definition) is 2. The van der Waals surface area contributed by atoms with Crippen LogP contribution in [0.25, 0.3) is 0 Å². The Labute approximate surface area is 72.1 Å². The third-order valence-corrected chi connectivity index (χ3v) is 1.35. The normalized spacial score (nSPS) is 10.5. The molecule has 13 heavy (non-hydrogen) atoms. The van der Waals surface area contributed by atoms with Crippen molar-refractivity contribution >= 4 is 11.4 Å². The Hall–Kier alpha value is -1.59. The number of anilines is 2. The lowest BCUT2D eigenvalue weighted by Gasteiger charge is -2.07. The Morgan fingerprint density at radius 3 is 2.23 bits per heavy atom. The fourth-order valence-electron chi connectivity index (χ4n) is 0.771. The van der Waals surface area contributed by atoms with E-state index in [1.165, 1.54) is 0 Å². The average molecular weight is 192 g/mol. The van der Waals surface area contributed by atoms with Gasteiger partial charge in [0.15, 0.2) is 11.6 Å². The largest absolute Gasteiger partial charge is 0.432 e. The van der Waals surface area contributed by atoms with Crippen molar-refractivity contribution < 1.29 is 17.9 Å². The molecule has 0 aliphatic heterocycles. The Kier molecular flexibility index (Phi) is 2.50. The highest BCUT2D eigenvalue weighted by Gasteiger charge is 2.11. The molecule has 0 fully saturated rings. The van der Waals surface area contributed by atoms with E-state index in [1.54, 1.807) is 0 Å². The summed E-state index contributed by atoms with van der Waals surface area (Å²) < 4.78 is 40.0. The molecule has 3 nitrogen and oxygen atoms in total. The van der Waals surface area contributed by atoms with Gasteiger partial charge in [0.25, 0.3) is 0 Å². The van der Waals surface area contributed by atoms with E-state index in [0.29, 0.717) is 0 Å². The lowest BCUT2D eigenvalue weighted by atomic mass is 10.2. The highest BCUT2D eigenvalue weighted by Crippen LogP contribution is 2.26. The first-order valence-corrected chi connectivity index (χ1v) is 3.30. The van der Waals surface area contributed by atoms with Gasteiger partial charge in [-0.2, -0.15) is 8.78 Å². The minimum Gasteiger partial charge on any atom is -0.432 e. The summed E-state index contributed by atoms with van der Waals surface area (Å²) >= 11 is 0. The Morgan fingerprint density at radius 1 is 1.15 bits per heavy atom. The number of halogens is 3. The molecule has 1 aromatic carbocycles. The summed E-state index contributed by atoms with van der Waals surface area (Å²) in [6.07, 6.45) is 0. The molecule has 0 saturated carbocycles. The van der Waals surface area contributed by atoms with E-state index in [2.05, 4.69) is 4.74 Å². The molecule has 4 N–H and O–H groups in total. The third kappa shape index (κ3) is 2.17. The van der Waals surface area contributed by atoms with Crippen molar-refractivity contribution in [2.75, 3.05) is 11.5 Å². The van der Waals surface area contributed by atoms with Gasteiger partial charge in [0, 0.05) is 12.1 Å². The van der Waals surface area contributed by atoms with Crippen molar-refractivity contribution in [3.8, 4) is 5.75 Å². The molecule has 0 bridgehead atoms. The Morgan fingerprint density at radius 2 is 1.69 bits per heavy atom. The van der Waals surface area contributed by atoms with Crippen molar-refractivity contribution in [1.82, 2.24) is 0 Å². The number of nitrogens with two attached hydrogens (primary N) is 2. The van der Waals surface area contributed by atoms with E-state index in [4.69, 9.17) is 11.5 Å². The second-order valence-corrected chi connectivity index (χ2v) is 2.29. The second-order valence-electron chi connectivity index (χ2n) is 2.29. The first kappa shape index (κ1) is 9.50. The maximum absolute atomic E-state index is 12.8. The highest BCUT2D eigenvalue weighted by molar-refractivity contribution is 5.65. The smallest absolute Gasteiger partial charge is 0.387 e. The predicted octanol–water partition coefficient (Wildman–Crippen LogP) is 1.59. The fraction of sp³-hybridized carbons (Fsp3) is 0.143. The number of hydrogen-bond acceptors (Lipinski definition) is 3. The van der Waals surface area contributed by atoms with Crippen molar-refractivity contribution in [3.63, 3.8) is 0 Å². The summed E-state index contributed by atoms with van der Waals surface area (Å²) in [6.45, 7) is -3.09. The first-order valence-electron chi connectivity index (χ1n) is 3.30. The van der Waals surface area contributed by atoms with Gasteiger partial charge < -0.3 is 16.2 Å². The molecule has 0 aliphatic carbocycles. The van der Waals surface area contributed by atoms with Crippen LogP contribution in [0.15, 0.2) is 12.1 Å². The molecule has 0 heterocycles. The molecule has 0 spiro atoms. The number of nitrogen functional groups attached to an aromatic ring is 2. The van der Waals surface area contributed by atoms with Crippen LogP contribution >= 0.6 is 0 Å². The van der Waals surface area contributed by atoms with E-state index >= 15 is 0 Å². The number of ether oxygens (including phenoxy) is 1. The van der Waals surface area contributed by atoms with Gasteiger partial charge >= 0.3 is 6.61 Å². The molecule has 0 radical (unpaired) electrons. The van der Waals surface area contributed by atoms with Gasteiger partial charge in [-0.15, -0.1) is 0 Å². The third-order valence-electron chi connectivity index (χ3n) is 1.35. The fourth-order valence-corrected chi connectivity index (χ4v) is 0.771. The minimum absolute atomic E-state index is 0.00273. The van der Waals surface area contributed by atoms with Crippen molar-refractivity contribution in [1.29, 1.82) is 0 Å². The summed E-state index contributed by atoms with van der Waals surface area (Å²) in [4.78, 5) is 0. The molecule has 0 saturated heterocycles. The van der Waals surface area contributed by atoms with Crippen LogP contribution in [-0.4, -0.2) is 6.61 Å². The molecule has 1 aromatic rings. The van der Waals surface area contributed by atoms with Crippen LogP contribution in [0.2, 0.25) is 0 Å². The van der Waals surface area contributed by atoms with Crippen LogP contribution < -0.4 is 16.2 Å². The van der Waals surface area contributed by atoms with Gasteiger partial charge in [0.1, 0.15) is 0 Å². The standard InChI is InChI=1S/C7H7F3N2O/c8-3-1-4(11)5(12)2-6(3)13-7(9)10/h1-2,7H,11-12H2. The summed E-state index contributed by atoms with van der Waals surface area (Å²) in [6, 6.07) is 1.74. The SMILES string of the molecule is Nc1cc(F)c(OC(F)F)cc1N. The van der Waals surface area contributed by atoms with E-state index in [0.717, 1.165) is 12.1 Å². The maximum atomic E-state index is 12.8. The quantitative estimate of drug-likeness (QED) is 0.699. The molecule has 0 atom stereocenters. The summed E-state index contributed by atoms with van der Waals surface area (Å²) in [7, 11) is 0. The molecule has 0 amide bonds. The van der Waals surface area contributed by atoms with Crippen LogP contribution in [0.1, 0.15) is 0 Å².